The molecule has 16 heavy (non-hydrogen) atoms. The minimum absolute atomic E-state index is 1.07. The molecular weight excluding hydrogens is 208 g/mol. The summed E-state index contributed by atoms with van der Waals surface area (Å²) in [5.41, 5.74) is 0. The minimum Gasteiger partial charge on any atom is -0.652 e. The molecule has 0 heterocycles. The van der Waals surface area contributed by atoms with Crippen molar-refractivity contribution in [3.63, 3.8) is 0 Å². The van der Waals surface area contributed by atoms with Crippen LogP contribution in [0.3, 0.4) is 0 Å². The van der Waals surface area contributed by atoms with E-state index in [1.54, 1.807) is 0 Å². The van der Waals surface area contributed by atoms with Crippen molar-refractivity contribution >= 4 is 6.16 Å². The highest BCUT2D eigenvalue weighted by Gasteiger charge is 1.98. The number of carbonyl (C=O) groups is 1. The summed E-state index contributed by atoms with van der Waals surface area (Å²) in [5.74, 6) is 0. The number of carboxylic acid groups (broad SMARTS) is 2. The Morgan fingerprint density at radius 1 is 0.812 bits per heavy atom. The van der Waals surface area contributed by atoms with E-state index in [4.69, 9.17) is 15.0 Å². The van der Waals surface area contributed by atoms with Gasteiger partial charge < -0.3 is 24.0 Å². The zero-order valence-corrected chi connectivity index (χ0v) is 12.0. The van der Waals surface area contributed by atoms with Crippen molar-refractivity contribution in [3.05, 3.63) is 0 Å². The molecule has 0 saturated heterocycles. The Labute approximate surface area is 100 Å². The summed E-state index contributed by atoms with van der Waals surface area (Å²) in [7, 11) is 13.1. The Bertz CT molecular complexity index is 151. The predicted molar refractivity (Wildman–Crippen MR) is 62.5 cm³/mol. The van der Waals surface area contributed by atoms with Gasteiger partial charge in [0.25, 0.3) is 0 Å². The average molecular weight is 236 g/mol. The van der Waals surface area contributed by atoms with Gasteiger partial charge in [-0.05, 0) is 20.0 Å². The van der Waals surface area contributed by atoms with Crippen molar-refractivity contribution in [2.45, 2.75) is 13.8 Å². The van der Waals surface area contributed by atoms with E-state index in [1.165, 1.54) is 13.1 Å². The van der Waals surface area contributed by atoms with Crippen LogP contribution in [0.4, 0.5) is 4.79 Å². The lowest BCUT2D eigenvalue weighted by Crippen LogP contribution is -2.37. The number of rotatable bonds is 2. The van der Waals surface area contributed by atoms with Gasteiger partial charge in [-0.25, -0.2) is 0 Å². The van der Waals surface area contributed by atoms with Crippen molar-refractivity contribution in [3.8, 4) is 0 Å². The second-order valence-corrected chi connectivity index (χ2v) is 5.46. The maximum atomic E-state index is 8.33. The van der Waals surface area contributed by atoms with E-state index in [0.717, 1.165) is 8.97 Å². The molecule has 0 aromatic heterocycles. The Morgan fingerprint density at radius 2 is 0.875 bits per heavy atom. The van der Waals surface area contributed by atoms with Crippen LogP contribution in [0.15, 0.2) is 0 Å². The van der Waals surface area contributed by atoms with Crippen LogP contribution in [-0.4, -0.2) is 70.5 Å². The molecule has 0 radical (unpaired) electrons. The van der Waals surface area contributed by atoms with E-state index in [2.05, 4.69) is 56.1 Å². The summed E-state index contributed by atoms with van der Waals surface area (Å²) in [5, 5.41) is 16.7. The summed E-state index contributed by atoms with van der Waals surface area (Å²) < 4.78 is 2.14. The normalized spacial score (nSPS) is 10.5. The molecule has 0 rings (SSSR count). The van der Waals surface area contributed by atoms with Crippen LogP contribution in [-0.2, 0) is 0 Å². The third-order valence-corrected chi connectivity index (χ3v) is 1.90. The number of quaternary nitrogens is 2. The molecule has 0 aromatic carbocycles. The topological polar surface area (TPSA) is 63.2 Å². The monoisotopic (exact) mass is 236 g/mol. The lowest BCUT2D eigenvalue weighted by atomic mass is 10.6. The molecule has 5 heteroatoms. The molecule has 0 saturated carbocycles. The van der Waals surface area contributed by atoms with Gasteiger partial charge in [0.15, 0.2) is 0 Å². The predicted octanol–water partition coefficient (Wildman–Crippen LogP) is -1.02. The third kappa shape index (κ3) is 72.8. The van der Waals surface area contributed by atoms with Crippen LogP contribution < -0.4 is 10.2 Å². The smallest absolute Gasteiger partial charge is 0.0751 e. The van der Waals surface area contributed by atoms with Crippen molar-refractivity contribution in [2.24, 2.45) is 0 Å². The summed E-state index contributed by atoms with van der Waals surface area (Å²) in [4.78, 5) is 8.33. The Balaban J connectivity index is -0.000000162. The summed E-state index contributed by atoms with van der Waals surface area (Å²) in [6, 6.07) is 0. The van der Waals surface area contributed by atoms with Gasteiger partial charge in [-0.2, -0.15) is 0 Å². The van der Waals surface area contributed by atoms with Gasteiger partial charge in [0, 0.05) is 0 Å². The standard InChI is InChI=1S/2C5H14N.CH2O3/c2*1-5-6(2,3)4;2-1(3)4/h2*5H2,1-4H3;(H2,2,3,4)/q2*+1;/p-2. The van der Waals surface area contributed by atoms with E-state index in [0.29, 0.717) is 0 Å². The molecule has 0 aliphatic rings. The number of hydrogen-bond donors (Lipinski definition) is 0. The van der Waals surface area contributed by atoms with Gasteiger partial charge in [0.1, 0.15) is 0 Å². The van der Waals surface area contributed by atoms with Crippen LogP contribution in [0.2, 0.25) is 0 Å². The maximum Gasteiger partial charge on any atom is 0.0751 e. The molecule has 0 atom stereocenters. The highest BCUT2D eigenvalue weighted by molar-refractivity contribution is 5.47. The summed E-state index contributed by atoms with van der Waals surface area (Å²) in [6.07, 6.45) is -2.33. The molecule has 0 bridgehead atoms. The van der Waals surface area contributed by atoms with E-state index < -0.39 is 6.16 Å². The molecule has 100 valence electrons. The first-order chi connectivity index (χ1) is 6.85. The quantitative estimate of drug-likeness (QED) is 0.576. The van der Waals surface area contributed by atoms with Crippen molar-refractivity contribution in [2.75, 3.05) is 55.4 Å². The first-order valence-corrected chi connectivity index (χ1v) is 5.34. The molecule has 5 nitrogen and oxygen atoms in total. The van der Waals surface area contributed by atoms with E-state index in [-0.39, 0.29) is 0 Å². The SMILES string of the molecule is CC[N+](C)(C)C.CC[N+](C)(C)C.O=C([O-])[O-]. The summed E-state index contributed by atoms with van der Waals surface area (Å²) >= 11 is 0. The first kappa shape index (κ1) is 20.6. The van der Waals surface area contributed by atoms with Crippen LogP contribution >= 0.6 is 0 Å². The Morgan fingerprint density at radius 3 is 0.875 bits per heavy atom. The Hall–Kier alpha value is -0.810. The van der Waals surface area contributed by atoms with Gasteiger partial charge in [-0.3, -0.25) is 0 Å². The van der Waals surface area contributed by atoms with Crippen LogP contribution in [0.1, 0.15) is 13.8 Å². The zero-order valence-electron chi connectivity index (χ0n) is 12.0. The third-order valence-electron chi connectivity index (χ3n) is 1.90. The average Bonchev–Trinajstić information content (AvgIpc) is 2.02. The number of nitrogens with zero attached hydrogens (tertiary/aromatic N) is 2. The van der Waals surface area contributed by atoms with Crippen molar-refractivity contribution in [1.29, 1.82) is 0 Å². The second kappa shape index (κ2) is 9.42. The van der Waals surface area contributed by atoms with E-state index >= 15 is 0 Å². The molecule has 0 amide bonds. The molecule has 0 spiro atoms. The number of hydrogen-bond acceptors (Lipinski definition) is 3. The fourth-order valence-corrected chi connectivity index (χ4v) is 0. The van der Waals surface area contributed by atoms with Crippen LogP contribution in [0.25, 0.3) is 0 Å². The lowest BCUT2D eigenvalue weighted by Gasteiger charge is -2.20. The second-order valence-electron chi connectivity index (χ2n) is 5.46. The molecule has 0 fully saturated rings. The van der Waals surface area contributed by atoms with Gasteiger partial charge >= 0.3 is 0 Å². The molecule has 0 aromatic rings. The lowest BCUT2D eigenvalue weighted by molar-refractivity contribution is -0.868. The molecule has 0 unspecified atom stereocenters. The van der Waals surface area contributed by atoms with E-state index in [1.807, 2.05) is 0 Å². The maximum absolute atomic E-state index is 8.33. The van der Waals surface area contributed by atoms with Gasteiger partial charge in [0.2, 0.25) is 0 Å². The van der Waals surface area contributed by atoms with Crippen molar-refractivity contribution in [1.82, 2.24) is 0 Å². The molecule has 0 N–H and O–H groups in total. The van der Waals surface area contributed by atoms with Crippen LogP contribution in [0, 0.1) is 0 Å². The van der Waals surface area contributed by atoms with Crippen LogP contribution in [0.5, 0.6) is 0 Å². The zero-order chi connectivity index (χ0) is 14.0. The highest BCUT2D eigenvalue weighted by Crippen LogP contribution is 1.84. The van der Waals surface area contributed by atoms with Crippen molar-refractivity contribution < 1.29 is 24.0 Å². The molecule has 0 aliphatic carbocycles. The minimum atomic E-state index is -2.33. The fraction of sp³-hybridized carbons (Fsp3) is 0.909. The molecule has 0 aliphatic heterocycles. The van der Waals surface area contributed by atoms with Gasteiger partial charge in [-0.15, -0.1) is 0 Å². The molecular formula is C11H28N2O3. The van der Waals surface area contributed by atoms with E-state index in [9.17, 15) is 0 Å². The number of carbonyl (C=O) groups excluding carboxylic acids is 1. The Kier molecular flexibility index (Phi) is 12.1. The van der Waals surface area contributed by atoms with Gasteiger partial charge in [0.05, 0.1) is 55.4 Å². The largest absolute Gasteiger partial charge is 0.652 e. The fourth-order valence-electron chi connectivity index (χ4n) is 0. The summed E-state index contributed by atoms with van der Waals surface area (Å²) in [6.45, 7) is 6.78. The highest BCUT2D eigenvalue weighted by atomic mass is 16.6. The van der Waals surface area contributed by atoms with Gasteiger partial charge in [-0.1, -0.05) is 0 Å². The first-order valence-electron chi connectivity index (χ1n) is 5.34.